The second kappa shape index (κ2) is 10.8. The highest BCUT2D eigenvalue weighted by atomic mass is 32.2. The van der Waals surface area contributed by atoms with Crippen LogP contribution in [0, 0.1) is 0 Å². The molecule has 0 fully saturated rings. The van der Waals surface area contributed by atoms with Gasteiger partial charge in [0.15, 0.2) is 22.5 Å². The smallest absolute Gasteiger partial charge is 0.230 e. The standard InChI is InChI=1S/C22H26N4O5S/c1-6-31-16-9-7-15(8-10-16)26-21(24-25-22(26)32-13-19(27)23-2)14-11-17(28-3)20(30-5)18(12-14)29-4/h7-12H,6,13H2,1-5H3,(H,23,27). The van der Waals surface area contributed by atoms with E-state index in [1.807, 2.05) is 47.9 Å². The van der Waals surface area contributed by atoms with Crippen LogP contribution >= 0.6 is 11.8 Å². The highest BCUT2D eigenvalue weighted by Gasteiger charge is 2.21. The lowest BCUT2D eigenvalue weighted by Crippen LogP contribution is -2.20. The van der Waals surface area contributed by atoms with Gasteiger partial charge in [-0.1, -0.05) is 11.8 Å². The summed E-state index contributed by atoms with van der Waals surface area (Å²) in [7, 11) is 6.27. The first kappa shape index (κ1) is 23.3. The summed E-state index contributed by atoms with van der Waals surface area (Å²) in [6, 6.07) is 11.2. The number of nitrogens with zero attached hydrogens (tertiary/aromatic N) is 3. The fourth-order valence-corrected chi connectivity index (χ4v) is 3.88. The predicted molar refractivity (Wildman–Crippen MR) is 122 cm³/mol. The molecule has 9 nitrogen and oxygen atoms in total. The van der Waals surface area contributed by atoms with Gasteiger partial charge in [-0.2, -0.15) is 0 Å². The lowest BCUT2D eigenvalue weighted by atomic mass is 10.1. The zero-order valence-corrected chi connectivity index (χ0v) is 19.5. The molecule has 0 atom stereocenters. The van der Waals surface area contributed by atoms with Gasteiger partial charge in [0.05, 0.1) is 33.7 Å². The number of thioether (sulfide) groups is 1. The first-order valence-electron chi connectivity index (χ1n) is 9.88. The van der Waals surface area contributed by atoms with Crippen LogP contribution in [0.25, 0.3) is 17.1 Å². The third-order valence-electron chi connectivity index (χ3n) is 4.57. The first-order valence-corrected chi connectivity index (χ1v) is 10.9. The summed E-state index contributed by atoms with van der Waals surface area (Å²) in [5, 5.41) is 11.9. The Balaban J connectivity index is 2.14. The number of hydrogen-bond acceptors (Lipinski definition) is 8. The Morgan fingerprint density at radius 3 is 2.22 bits per heavy atom. The third-order valence-corrected chi connectivity index (χ3v) is 5.50. The minimum Gasteiger partial charge on any atom is -0.494 e. The molecule has 0 aliphatic heterocycles. The molecule has 2 aromatic carbocycles. The van der Waals surface area contributed by atoms with E-state index in [1.165, 1.54) is 11.8 Å². The second-order valence-electron chi connectivity index (χ2n) is 6.44. The summed E-state index contributed by atoms with van der Waals surface area (Å²) >= 11 is 1.29. The molecule has 0 saturated carbocycles. The van der Waals surface area contributed by atoms with Crippen molar-refractivity contribution in [1.29, 1.82) is 0 Å². The van der Waals surface area contributed by atoms with E-state index in [1.54, 1.807) is 28.4 Å². The van der Waals surface area contributed by atoms with Crippen molar-refractivity contribution in [3.05, 3.63) is 36.4 Å². The van der Waals surface area contributed by atoms with Crippen molar-refractivity contribution in [2.24, 2.45) is 0 Å². The van der Waals surface area contributed by atoms with E-state index in [0.29, 0.717) is 40.4 Å². The van der Waals surface area contributed by atoms with Gasteiger partial charge in [-0.15, -0.1) is 10.2 Å². The van der Waals surface area contributed by atoms with Crippen LogP contribution in [-0.4, -0.2) is 61.4 Å². The number of amides is 1. The Labute approximate surface area is 191 Å². The SMILES string of the molecule is CCOc1ccc(-n2c(SCC(=O)NC)nnc2-c2cc(OC)c(OC)c(OC)c2)cc1. The average molecular weight is 459 g/mol. The molecule has 0 saturated heterocycles. The molecule has 32 heavy (non-hydrogen) atoms. The van der Waals surface area contributed by atoms with Crippen LogP contribution in [0.3, 0.4) is 0 Å². The maximum absolute atomic E-state index is 11.8. The van der Waals surface area contributed by atoms with Crippen LogP contribution in [0.4, 0.5) is 0 Å². The number of methoxy groups -OCH3 is 3. The number of hydrogen-bond donors (Lipinski definition) is 1. The minimum atomic E-state index is -0.106. The molecule has 1 heterocycles. The zero-order valence-electron chi connectivity index (χ0n) is 18.7. The first-order chi connectivity index (χ1) is 15.6. The van der Waals surface area contributed by atoms with Crippen molar-refractivity contribution in [1.82, 2.24) is 20.1 Å². The number of benzene rings is 2. The Morgan fingerprint density at radius 2 is 1.69 bits per heavy atom. The van der Waals surface area contributed by atoms with Crippen molar-refractivity contribution >= 4 is 17.7 Å². The number of rotatable bonds is 10. The summed E-state index contributed by atoms with van der Waals surface area (Å²) in [6.07, 6.45) is 0. The Morgan fingerprint density at radius 1 is 1.03 bits per heavy atom. The van der Waals surface area contributed by atoms with Crippen LogP contribution < -0.4 is 24.3 Å². The van der Waals surface area contributed by atoms with Crippen molar-refractivity contribution in [2.75, 3.05) is 40.7 Å². The molecule has 0 bridgehead atoms. The summed E-state index contributed by atoms with van der Waals surface area (Å²) in [6.45, 7) is 2.51. The number of carbonyl (C=O) groups excluding carboxylic acids is 1. The van der Waals surface area contributed by atoms with E-state index >= 15 is 0 Å². The van der Waals surface area contributed by atoms with Gasteiger partial charge in [0.25, 0.3) is 0 Å². The van der Waals surface area contributed by atoms with Gasteiger partial charge >= 0.3 is 0 Å². The molecule has 3 rings (SSSR count). The van der Waals surface area contributed by atoms with Crippen LogP contribution in [0.15, 0.2) is 41.6 Å². The van der Waals surface area contributed by atoms with Gasteiger partial charge in [-0.25, -0.2) is 0 Å². The second-order valence-corrected chi connectivity index (χ2v) is 7.39. The monoisotopic (exact) mass is 458 g/mol. The van der Waals surface area contributed by atoms with E-state index in [0.717, 1.165) is 11.4 Å². The maximum atomic E-state index is 11.8. The van der Waals surface area contributed by atoms with E-state index < -0.39 is 0 Å². The largest absolute Gasteiger partial charge is 0.494 e. The Bertz CT molecular complexity index is 1040. The molecule has 0 unspecified atom stereocenters. The normalized spacial score (nSPS) is 10.5. The predicted octanol–water partition coefficient (Wildman–Crippen LogP) is 3.20. The summed E-state index contributed by atoms with van der Waals surface area (Å²) < 4.78 is 23.8. The number of ether oxygens (including phenoxy) is 4. The van der Waals surface area contributed by atoms with Crippen molar-refractivity contribution in [3.8, 4) is 40.1 Å². The van der Waals surface area contributed by atoms with Crippen LogP contribution in [-0.2, 0) is 4.79 Å². The topological polar surface area (TPSA) is 96.7 Å². The molecule has 10 heteroatoms. The highest BCUT2D eigenvalue weighted by Crippen LogP contribution is 2.41. The van der Waals surface area contributed by atoms with Gasteiger partial charge in [0.1, 0.15) is 5.75 Å². The Hall–Kier alpha value is -3.40. The fraction of sp³-hybridized carbons (Fsp3) is 0.318. The van der Waals surface area contributed by atoms with Crippen LogP contribution in [0.2, 0.25) is 0 Å². The molecular formula is C22H26N4O5S. The van der Waals surface area contributed by atoms with Gasteiger partial charge in [-0.3, -0.25) is 9.36 Å². The zero-order chi connectivity index (χ0) is 23.1. The van der Waals surface area contributed by atoms with Gasteiger partial charge in [-0.05, 0) is 43.3 Å². The number of carbonyl (C=O) groups is 1. The van der Waals surface area contributed by atoms with E-state index in [2.05, 4.69) is 15.5 Å². The molecule has 0 spiro atoms. The van der Waals surface area contributed by atoms with Crippen molar-refractivity contribution in [2.45, 2.75) is 12.1 Å². The van der Waals surface area contributed by atoms with Gasteiger partial charge in [0.2, 0.25) is 11.7 Å². The molecule has 1 aromatic heterocycles. The lowest BCUT2D eigenvalue weighted by Gasteiger charge is -2.15. The molecule has 0 aliphatic carbocycles. The van der Waals surface area contributed by atoms with Gasteiger partial charge in [0, 0.05) is 18.3 Å². The molecular weight excluding hydrogens is 432 g/mol. The quantitative estimate of drug-likeness (QED) is 0.463. The fourth-order valence-electron chi connectivity index (χ4n) is 3.05. The summed E-state index contributed by atoms with van der Waals surface area (Å²) in [4.78, 5) is 11.8. The molecule has 0 aliphatic rings. The number of aromatic nitrogens is 3. The molecule has 1 amide bonds. The summed E-state index contributed by atoms with van der Waals surface area (Å²) in [5.41, 5.74) is 1.54. The van der Waals surface area contributed by atoms with Crippen LogP contribution in [0.5, 0.6) is 23.0 Å². The maximum Gasteiger partial charge on any atom is 0.230 e. The minimum absolute atomic E-state index is 0.106. The molecule has 1 N–H and O–H groups in total. The average Bonchev–Trinajstić information content (AvgIpc) is 3.26. The summed E-state index contributed by atoms with van der Waals surface area (Å²) in [5.74, 6) is 2.92. The number of nitrogens with one attached hydrogen (secondary N) is 1. The van der Waals surface area contributed by atoms with E-state index in [4.69, 9.17) is 18.9 Å². The van der Waals surface area contributed by atoms with Crippen molar-refractivity contribution < 1.29 is 23.7 Å². The van der Waals surface area contributed by atoms with Crippen LogP contribution in [0.1, 0.15) is 6.92 Å². The Kier molecular flexibility index (Phi) is 7.82. The molecule has 170 valence electrons. The van der Waals surface area contributed by atoms with Crippen molar-refractivity contribution in [3.63, 3.8) is 0 Å². The van der Waals surface area contributed by atoms with E-state index in [9.17, 15) is 4.79 Å². The molecule has 0 radical (unpaired) electrons. The van der Waals surface area contributed by atoms with E-state index in [-0.39, 0.29) is 11.7 Å². The third kappa shape index (κ3) is 4.91. The highest BCUT2D eigenvalue weighted by molar-refractivity contribution is 7.99. The molecule has 3 aromatic rings. The lowest BCUT2D eigenvalue weighted by molar-refractivity contribution is -0.118. The van der Waals surface area contributed by atoms with Gasteiger partial charge < -0.3 is 24.3 Å².